The number of carbonyl (C=O) groups is 1. The zero-order valence-corrected chi connectivity index (χ0v) is 12.1. The van der Waals surface area contributed by atoms with Gasteiger partial charge < -0.3 is 15.2 Å². The van der Waals surface area contributed by atoms with E-state index in [9.17, 15) is 4.79 Å². The number of primary amides is 1. The van der Waals surface area contributed by atoms with Gasteiger partial charge >= 0.3 is 0 Å². The van der Waals surface area contributed by atoms with Crippen molar-refractivity contribution in [2.45, 2.75) is 25.6 Å². The molecule has 1 aliphatic rings. The summed E-state index contributed by atoms with van der Waals surface area (Å²) in [5.41, 5.74) is 7.65. The summed E-state index contributed by atoms with van der Waals surface area (Å²) in [4.78, 5) is 11.3. The minimum Gasteiger partial charge on any atom is -0.376 e. The van der Waals surface area contributed by atoms with Crippen molar-refractivity contribution in [2.24, 2.45) is 5.73 Å². The molecular weight excluding hydrogens is 284 g/mol. The second-order valence-corrected chi connectivity index (χ2v) is 5.24. The van der Waals surface area contributed by atoms with E-state index in [-0.39, 0.29) is 11.8 Å². The Hall–Kier alpha value is -2.25. The summed E-state index contributed by atoms with van der Waals surface area (Å²) >= 11 is 0. The third kappa shape index (κ3) is 3.32. The maximum Gasteiger partial charge on any atom is 0.271 e. The van der Waals surface area contributed by atoms with E-state index in [0.29, 0.717) is 18.9 Å². The van der Waals surface area contributed by atoms with E-state index in [2.05, 4.69) is 15.4 Å². The van der Waals surface area contributed by atoms with Crippen molar-refractivity contribution in [2.75, 3.05) is 13.2 Å². The molecule has 3 N–H and O–H groups in total. The molecule has 1 atom stereocenters. The van der Waals surface area contributed by atoms with Gasteiger partial charge in [-0.05, 0) is 24.5 Å². The normalized spacial score (nSPS) is 17.7. The summed E-state index contributed by atoms with van der Waals surface area (Å²) in [6, 6.07) is 7.62. The molecule has 1 fully saturated rings. The van der Waals surface area contributed by atoms with Crippen LogP contribution in [-0.2, 0) is 16.1 Å². The summed E-state index contributed by atoms with van der Waals surface area (Å²) in [5, 5.41) is 10.2. The van der Waals surface area contributed by atoms with Crippen LogP contribution in [0.5, 0.6) is 0 Å². The van der Waals surface area contributed by atoms with Gasteiger partial charge in [-0.1, -0.05) is 18.2 Å². The first-order chi connectivity index (χ1) is 10.7. The Morgan fingerprint density at radius 2 is 2.36 bits per heavy atom. The summed E-state index contributed by atoms with van der Waals surface area (Å²) in [6.07, 6.45) is 2.37. The number of nitrogens with one attached hydrogen (secondary N) is 1. The number of ether oxygens (including phenoxy) is 2. The Morgan fingerprint density at radius 1 is 1.45 bits per heavy atom. The second kappa shape index (κ2) is 6.67. The SMILES string of the molecule is NC(=O)c1n[nH]nc1-c1cccc(COCC2CCCO2)c1. The van der Waals surface area contributed by atoms with E-state index in [1.807, 2.05) is 24.3 Å². The lowest BCUT2D eigenvalue weighted by Crippen LogP contribution is -2.14. The molecule has 7 nitrogen and oxygen atoms in total. The molecule has 0 aliphatic carbocycles. The fraction of sp³-hybridized carbons (Fsp3) is 0.400. The highest BCUT2D eigenvalue weighted by Crippen LogP contribution is 2.21. The Kier molecular flexibility index (Phi) is 4.45. The number of rotatable bonds is 6. The molecule has 1 amide bonds. The average molecular weight is 302 g/mol. The summed E-state index contributed by atoms with van der Waals surface area (Å²) in [7, 11) is 0. The number of nitrogens with two attached hydrogens (primary N) is 1. The summed E-state index contributed by atoms with van der Waals surface area (Å²) in [6.45, 7) is 1.91. The van der Waals surface area contributed by atoms with Gasteiger partial charge in [0.15, 0.2) is 5.69 Å². The van der Waals surface area contributed by atoms with Crippen LogP contribution >= 0.6 is 0 Å². The van der Waals surface area contributed by atoms with Gasteiger partial charge in [-0.25, -0.2) is 0 Å². The van der Waals surface area contributed by atoms with Crippen LogP contribution in [0.1, 0.15) is 28.9 Å². The molecular formula is C15H18N4O3. The molecule has 22 heavy (non-hydrogen) atoms. The first-order valence-electron chi connectivity index (χ1n) is 7.23. The minimum absolute atomic E-state index is 0.137. The van der Waals surface area contributed by atoms with E-state index in [4.69, 9.17) is 15.2 Å². The van der Waals surface area contributed by atoms with Crippen LogP contribution in [0.3, 0.4) is 0 Å². The van der Waals surface area contributed by atoms with E-state index in [1.165, 1.54) is 0 Å². The maximum absolute atomic E-state index is 11.3. The Balaban J connectivity index is 1.66. The molecule has 1 saturated heterocycles. The van der Waals surface area contributed by atoms with Crippen LogP contribution in [-0.4, -0.2) is 40.6 Å². The van der Waals surface area contributed by atoms with Gasteiger partial charge in [0.25, 0.3) is 5.91 Å². The average Bonchev–Trinajstić information content (AvgIpc) is 3.19. The van der Waals surface area contributed by atoms with E-state index in [1.54, 1.807) is 0 Å². The Bertz CT molecular complexity index is 650. The van der Waals surface area contributed by atoms with Gasteiger partial charge in [0.2, 0.25) is 0 Å². The van der Waals surface area contributed by atoms with Crippen LogP contribution in [0.2, 0.25) is 0 Å². The van der Waals surface area contributed by atoms with Gasteiger partial charge in [-0.2, -0.15) is 15.4 Å². The topological polar surface area (TPSA) is 103 Å². The standard InChI is InChI=1S/C15H18N4O3/c16-15(20)14-13(17-19-18-14)11-4-1-3-10(7-11)8-21-9-12-5-2-6-22-12/h1,3-4,7,12H,2,5-6,8-9H2,(H2,16,20)(H,17,18,19). The van der Waals surface area contributed by atoms with E-state index in [0.717, 1.165) is 30.6 Å². The van der Waals surface area contributed by atoms with Crippen LogP contribution in [0, 0.1) is 0 Å². The molecule has 1 aromatic carbocycles. The van der Waals surface area contributed by atoms with Crippen LogP contribution in [0.25, 0.3) is 11.3 Å². The molecule has 1 unspecified atom stereocenters. The zero-order valence-electron chi connectivity index (χ0n) is 12.1. The largest absolute Gasteiger partial charge is 0.376 e. The monoisotopic (exact) mass is 302 g/mol. The van der Waals surface area contributed by atoms with Crippen molar-refractivity contribution in [1.29, 1.82) is 0 Å². The number of benzene rings is 1. The van der Waals surface area contributed by atoms with Crippen molar-refractivity contribution in [3.8, 4) is 11.3 Å². The number of aromatic nitrogens is 3. The van der Waals surface area contributed by atoms with Crippen molar-refractivity contribution in [1.82, 2.24) is 15.4 Å². The summed E-state index contributed by atoms with van der Waals surface area (Å²) in [5.74, 6) is -0.608. The molecule has 0 bridgehead atoms. The third-order valence-electron chi connectivity index (χ3n) is 3.58. The van der Waals surface area contributed by atoms with Gasteiger partial charge in [-0.3, -0.25) is 4.79 Å². The summed E-state index contributed by atoms with van der Waals surface area (Å²) < 4.78 is 11.2. The van der Waals surface area contributed by atoms with Crippen molar-refractivity contribution >= 4 is 5.91 Å². The molecule has 3 rings (SSSR count). The van der Waals surface area contributed by atoms with E-state index < -0.39 is 5.91 Å². The quantitative estimate of drug-likeness (QED) is 0.836. The fourth-order valence-corrected chi connectivity index (χ4v) is 2.50. The van der Waals surface area contributed by atoms with Crippen molar-refractivity contribution < 1.29 is 14.3 Å². The maximum atomic E-state index is 11.3. The van der Waals surface area contributed by atoms with Gasteiger partial charge in [0.05, 0.1) is 19.3 Å². The molecule has 1 aliphatic heterocycles. The van der Waals surface area contributed by atoms with Gasteiger partial charge in [0, 0.05) is 12.2 Å². The second-order valence-electron chi connectivity index (χ2n) is 5.24. The predicted molar refractivity (Wildman–Crippen MR) is 79.0 cm³/mol. The molecule has 0 spiro atoms. The molecule has 0 saturated carbocycles. The predicted octanol–water partition coefficient (Wildman–Crippen LogP) is 1.27. The number of carbonyl (C=O) groups excluding carboxylic acids is 1. The van der Waals surface area contributed by atoms with E-state index >= 15 is 0 Å². The van der Waals surface area contributed by atoms with Gasteiger partial charge in [0.1, 0.15) is 5.69 Å². The molecule has 1 aromatic heterocycles. The van der Waals surface area contributed by atoms with Gasteiger partial charge in [-0.15, -0.1) is 0 Å². The number of nitrogens with zero attached hydrogens (tertiary/aromatic N) is 2. The fourth-order valence-electron chi connectivity index (χ4n) is 2.50. The lowest BCUT2D eigenvalue weighted by molar-refractivity contribution is 0.0106. The Labute approximate surface area is 127 Å². The highest BCUT2D eigenvalue weighted by molar-refractivity contribution is 5.96. The molecule has 116 valence electrons. The molecule has 2 heterocycles. The number of H-pyrrole nitrogens is 1. The Morgan fingerprint density at radius 3 is 3.14 bits per heavy atom. The smallest absolute Gasteiger partial charge is 0.271 e. The lowest BCUT2D eigenvalue weighted by Gasteiger charge is -2.10. The highest BCUT2D eigenvalue weighted by Gasteiger charge is 2.16. The first-order valence-corrected chi connectivity index (χ1v) is 7.23. The molecule has 2 aromatic rings. The number of hydrogen-bond donors (Lipinski definition) is 2. The van der Waals surface area contributed by atoms with Crippen LogP contribution in [0.4, 0.5) is 0 Å². The lowest BCUT2D eigenvalue weighted by atomic mass is 10.1. The molecule has 0 radical (unpaired) electrons. The van der Waals surface area contributed by atoms with Crippen LogP contribution < -0.4 is 5.73 Å². The third-order valence-corrected chi connectivity index (χ3v) is 3.58. The van der Waals surface area contributed by atoms with Crippen molar-refractivity contribution in [3.05, 3.63) is 35.5 Å². The number of hydrogen-bond acceptors (Lipinski definition) is 5. The zero-order chi connectivity index (χ0) is 15.4. The number of amides is 1. The van der Waals surface area contributed by atoms with Crippen molar-refractivity contribution in [3.63, 3.8) is 0 Å². The number of aromatic amines is 1. The molecule has 7 heteroatoms. The van der Waals surface area contributed by atoms with Crippen LogP contribution in [0.15, 0.2) is 24.3 Å². The first kappa shape index (κ1) is 14.7. The highest BCUT2D eigenvalue weighted by atomic mass is 16.5. The minimum atomic E-state index is -0.608.